The number of amidine groups is 1. The van der Waals surface area contributed by atoms with Crippen molar-refractivity contribution >= 4 is 118 Å². The Hall–Kier alpha value is -14.4. The van der Waals surface area contributed by atoms with Crippen molar-refractivity contribution in [2.45, 2.75) is 19.3 Å². The first-order valence-electron chi connectivity index (χ1n) is 38.2. The van der Waals surface area contributed by atoms with Crippen LogP contribution in [-0.2, 0) is 0 Å². The molecule has 0 radical (unpaired) electrons. The highest BCUT2D eigenvalue weighted by Crippen LogP contribution is 2.38. The number of nitrogens with zero attached hydrogens (tertiary/aromatic N) is 14. The Bertz CT molecular complexity index is 6290. The van der Waals surface area contributed by atoms with Crippen molar-refractivity contribution in [3.05, 3.63) is 308 Å². The average Bonchev–Trinajstić information content (AvgIpc) is 0.763. The third kappa shape index (κ3) is 17.7. The normalized spacial score (nSPS) is 13.8. The quantitative estimate of drug-likeness (QED) is 0.0456. The van der Waals surface area contributed by atoms with Crippen LogP contribution in [0.2, 0.25) is 5.02 Å². The Morgan fingerprint density at radius 3 is 1.26 bits per heavy atom. The van der Waals surface area contributed by atoms with E-state index in [4.69, 9.17) is 17.3 Å². The number of para-hydroxylation sites is 1. The lowest BCUT2D eigenvalue weighted by Gasteiger charge is -2.38. The number of halogens is 1. The predicted molar refractivity (Wildman–Crippen MR) is 466 cm³/mol. The minimum Gasteiger partial charge on any atom is -0.397 e. The van der Waals surface area contributed by atoms with E-state index in [1.807, 2.05) is 134 Å². The molecule has 0 saturated carbocycles. The number of nitro benzene ring substituents is 2. The highest BCUT2D eigenvalue weighted by atomic mass is 35.5. The number of H-pyrrole nitrogens is 4. The van der Waals surface area contributed by atoms with Gasteiger partial charge in [-0.3, -0.25) is 49.2 Å². The summed E-state index contributed by atoms with van der Waals surface area (Å²) in [6, 6.07) is 71.3. The molecule has 14 aromatic rings. The number of Topliss-reactive ketones (excluding diaryl/α,β-unsaturated/α-hetero) is 1. The number of nitro groups is 2. The van der Waals surface area contributed by atoms with Gasteiger partial charge in [0.05, 0.1) is 59.8 Å². The summed E-state index contributed by atoms with van der Waals surface area (Å²) in [7, 11) is 7.38. The van der Waals surface area contributed by atoms with E-state index >= 15 is 0 Å². The van der Waals surface area contributed by atoms with E-state index < -0.39 is 4.92 Å². The summed E-state index contributed by atoms with van der Waals surface area (Å²) in [6.07, 6.45) is 3.26. The van der Waals surface area contributed by atoms with Crippen molar-refractivity contribution in [2.24, 2.45) is 4.99 Å². The SMILES string of the molecule is CN(C)c1ccc(-c2n[nH]c(=O)c3ccccc23)cc1N.CN(C)c1ccc(-c2n[nH]c(=O)c3ccccc23)cc1[N+](=O)[O-].O=C1CN=C(N2CCN(c3ccc(Cl)cc3)CC2)c2ccccc21.O=c1[nH]nc(-c2ccc(N3CCCCC3)c([N+](=O)[O-])c2)c2ccccc12.O=c1[nH]nc(N2CCN(c3ccccc3)CC2)c2ccccc12. The lowest BCUT2D eigenvalue weighted by atomic mass is 9.99. The maximum Gasteiger partial charge on any atom is 0.293 e. The van der Waals surface area contributed by atoms with E-state index in [1.165, 1.54) is 17.4 Å². The molecule has 0 spiro atoms. The van der Waals surface area contributed by atoms with Crippen LogP contribution >= 0.6 is 11.6 Å². The van der Waals surface area contributed by atoms with E-state index in [0.717, 1.165) is 140 Å². The van der Waals surface area contributed by atoms with Crippen LogP contribution in [0, 0.1) is 20.2 Å². The number of anilines is 7. The van der Waals surface area contributed by atoms with Gasteiger partial charge in [-0.1, -0.05) is 145 Å². The van der Waals surface area contributed by atoms with Gasteiger partial charge in [0.2, 0.25) is 0 Å². The van der Waals surface area contributed by atoms with Crippen molar-refractivity contribution in [1.82, 2.24) is 45.7 Å². The van der Waals surface area contributed by atoms with Crippen molar-refractivity contribution in [3.63, 3.8) is 0 Å². The lowest BCUT2D eigenvalue weighted by molar-refractivity contribution is -0.384. The van der Waals surface area contributed by atoms with Crippen LogP contribution in [0.15, 0.2) is 255 Å². The van der Waals surface area contributed by atoms with Crippen LogP contribution in [0.25, 0.3) is 76.9 Å². The third-order valence-electron chi connectivity index (χ3n) is 20.9. The van der Waals surface area contributed by atoms with E-state index in [1.54, 1.807) is 91.8 Å². The summed E-state index contributed by atoms with van der Waals surface area (Å²) in [6.45, 7) is 9.22. The number of aromatic nitrogens is 8. The molecule has 6 N–H and O–H groups in total. The lowest BCUT2D eigenvalue weighted by Crippen LogP contribution is -2.50. The zero-order valence-electron chi connectivity index (χ0n) is 64.7. The fourth-order valence-corrected chi connectivity index (χ4v) is 15.1. The van der Waals surface area contributed by atoms with Crippen LogP contribution in [-0.4, -0.2) is 167 Å². The molecule has 29 heteroatoms. The highest BCUT2D eigenvalue weighted by molar-refractivity contribution is 6.30. The summed E-state index contributed by atoms with van der Waals surface area (Å²) < 4.78 is 0. The number of hydrogen-bond acceptors (Lipinski definition) is 22. The number of nitrogens with one attached hydrogen (secondary N) is 4. The monoisotopic (exact) mass is 1590 g/mol. The fourth-order valence-electron chi connectivity index (χ4n) is 15.0. The molecule has 0 aliphatic carbocycles. The van der Waals surface area contributed by atoms with Gasteiger partial charge < -0.3 is 40.0 Å². The van der Waals surface area contributed by atoms with E-state index in [2.05, 4.69) is 107 Å². The second kappa shape index (κ2) is 35.7. The second-order valence-corrected chi connectivity index (χ2v) is 29.1. The number of piperazine rings is 2. The number of ketones is 1. The van der Waals surface area contributed by atoms with Crippen LogP contribution in [0.5, 0.6) is 0 Å². The minimum atomic E-state index is -0.424. The Morgan fingerprint density at radius 1 is 0.385 bits per heavy atom. The van der Waals surface area contributed by atoms with Gasteiger partial charge in [0.15, 0.2) is 11.6 Å². The zero-order valence-corrected chi connectivity index (χ0v) is 65.5. The molecule has 10 aromatic carbocycles. The van der Waals surface area contributed by atoms with Crippen LogP contribution in [0.3, 0.4) is 0 Å². The Morgan fingerprint density at radius 2 is 0.778 bits per heavy atom. The number of piperidine rings is 1. The molecule has 0 amide bonds. The maximum absolute atomic E-state index is 12.0. The number of rotatable bonds is 11. The summed E-state index contributed by atoms with van der Waals surface area (Å²) in [4.78, 5) is 101. The largest absolute Gasteiger partial charge is 0.397 e. The number of hydrogen-bond donors (Lipinski definition) is 5. The van der Waals surface area contributed by atoms with E-state index in [9.17, 15) is 44.2 Å². The maximum atomic E-state index is 12.0. The van der Waals surface area contributed by atoms with Crippen LogP contribution in [0.4, 0.5) is 51.3 Å². The smallest absolute Gasteiger partial charge is 0.293 e. The van der Waals surface area contributed by atoms with Gasteiger partial charge in [0, 0.05) is 172 Å². The second-order valence-electron chi connectivity index (χ2n) is 28.7. The molecular formula is C88H84ClN19O9. The molecule has 4 aliphatic rings. The molecule has 3 fully saturated rings. The van der Waals surface area contributed by atoms with Gasteiger partial charge in [-0.15, -0.1) is 0 Å². The highest BCUT2D eigenvalue weighted by Gasteiger charge is 2.29. The summed E-state index contributed by atoms with van der Waals surface area (Å²) in [5, 5.41) is 56.0. The van der Waals surface area contributed by atoms with Crippen molar-refractivity contribution < 1.29 is 14.6 Å². The minimum absolute atomic E-state index is 0.00965. The molecule has 0 atom stereocenters. The number of aliphatic imine (C=N–C) groups is 1. The zero-order chi connectivity index (χ0) is 81.8. The summed E-state index contributed by atoms with van der Waals surface area (Å²) >= 11 is 5.96. The molecular weight excluding hydrogens is 1500 g/mol. The van der Waals surface area contributed by atoms with Gasteiger partial charge in [-0.25, -0.2) is 20.4 Å². The Labute approximate surface area is 676 Å². The number of nitrogen functional groups attached to an aromatic ring is 1. The number of carbonyl (C=O) groups is 1. The topological polar surface area (TPSA) is 347 Å². The molecule has 0 bridgehead atoms. The van der Waals surface area contributed by atoms with Crippen LogP contribution < -0.4 is 57.4 Å². The van der Waals surface area contributed by atoms with Crippen molar-refractivity contribution in [1.29, 1.82) is 0 Å². The van der Waals surface area contributed by atoms with Gasteiger partial charge in [-0.2, -0.15) is 20.4 Å². The molecule has 4 aliphatic heterocycles. The van der Waals surface area contributed by atoms with Crippen LogP contribution in [0.1, 0.15) is 35.2 Å². The molecule has 0 unspecified atom stereocenters. The molecule has 3 saturated heterocycles. The fraction of sp³-hybridized carbons (Fsp3) is 0.205. The van der Waals surface area contributed by atoms with E-state index in [0.29, 0.717) is 71.9 Å². The van der Waals surface area contributed by atoms with Crippen molar-refractivity contribution in [3.8, 4) is 33.8 Å². The molecule has 18 rings (SSSR count). The first-order valence-corrected chi connectivity index (χ1v) is 38.6. The standard InChI is InChI=1S/C19H18ClN3O.C19H18N4O3.C18H18N4O.C16H14N4O3.C16H16N4O/c20-14-5-7-15(8-6-14)22-9-11-23(12-10-22)19-17-4-2-1-3-16(17)18(24)13-21-19;24-19-15-7-3-2-6-14(15)18(20-21-19)13-8-9-16(17(12-13)23(25)26)22-10-4-1-5-11-22;23-18-16-9-5-4-8-15(16)17(19-20-18)22-12-10-21(11-13-22)14-6-2-1-3-7-14;1-19(2)13-8-7-10(9-14(13)20(22)23)15-11-5-3-4-6-12(11)16(21)18-17-15;1-20(2)14-8-7-10(9-13(14)17)15-11-5-3-4-6-12(11)16(21)19-18-15/h1-8H,9-13H2;2-3,6-9,12H,1,4-5,10-11H2,(H,21,24);1-9H,10-13H2,(H,20,23);3-9H,1-2H3,(H,18,21);3-9H,17H2,1-2H3,(H,19,21). The van der Waals surface area contributed by atoms with Gasteiger partial charge in [0.25, 0.3) is 33.6 Å². The molecule has 8 heterocycles. The summed E-state index contributed by atoms with van der Waals surface area (Å²) in [5.41, 5.74) is 16.1. The molecule has 28 nitrogen and oxygen atoms in total. The summed E-state index contributed by atoms with van der Waals surface area (Å²) in [5.74, 6) is 1.93. The molecule has 592 valence electrons. The van der Waals surface area contributed by atoms with E-state index in [-0.39, 0.29) is 50.9 Å². The number of carbonyl (C=O) groups excluding carboxylic acids is 1. The van der Waals surface area contributed by atoms with Gasteiger partial charge in [-0.05, 0) is 104 Å². The average molecular weight is 1590 g/mol. The predicted octanol–water partition coefficient (Wildman–Crippen LogP) is 13.6. The molecule has 4 aromatic heterocycles. The molecule has 117 heavy (non-hydrogen) atoms. The van der Waals surface area contributed by atoms with Gasteiger partial charge in [0.1, 0.15) is 23.8 Å². The first kappa shape index (κ1) is 79.2. The Balaban J connectivity index is 0.000000121. The van der Waals surface area contributed by atoms with Gasteiger partial charge >= 0.3 is 0 Å². The number of benzene rings is 10. The number of aromatic amines is 4. The number of fused-ring (bicyclic) bond motifs is 5. The Kier molecular flexibility index (Phi) is 24.2. The third-order valence-corrected chi connectivity index (χ3v) is 21.2. The number of nitrogens with two attached hydrogens (primary N) is 1. The first-order chi connectivity index (χ1) is 56.8. The van der Waals surface area contributed by atoms with Crippen molar-refractivity contribution in [2.75, 3.05) is 135 Å².